The molecule has 0 spiro atoms. The van der Waals surface area contributed by atoms with Gasteiger partial charge in [0, 0.05) is 16.8 Å². The Morgan fingerprint density at radius 1 is 0.938 bits per heavy atom. The Morgan fingerprint density at radius 3 is 2.25 bits per heavy atom. The van der Waals surface area contributed by atoms with Crippen molar-refractivity contribution in [2.45, 2.75) is 4.90 Å². The Labute approximate surface area is 205 Å². The van der Waals surface area contributed by atoms with E-state index in [2.05, 4.69) is 20.8 Å². The molecule has 0 aliphatic heterocycles. The second-order valence-electron chi connectivity index (χ2n) is 6.03. The summed E-state index contributed by atoms with van der Waals surface area (Å²) in [7, 11) is -4.77. The zero-order valence-corrected chi connectivity index (χ0v) is 19.4. The van der Waals surface area contributed by atoms with Gasteiger partial charge in [0.05, 0.1) is 16.6 Å². The van der Waals surface area contributed by atoms with E-state index in [1.165, 1.54) is 18.2 Å². The monoisotopic (exact) mass is 460 g/mol. The second kappa shape index (κ2) is 11.0. The van der Waals surface area contributed by atoms with Crippen LogP contribution in [-0.4, -0.2) is 24.8 Å². The summed E-state index contributed by atoms with van der Waals surface area (Å²) in [6, 6.07) is 16.9. The molecule has 0 amide bonds. The maximum absolute atomic E-state index is 12.0. The second-order valence-corrected chi connectivity index (χ2v) is 7.41. The van der Waals surface area contributed by atoms with Crippen LogP contribution in [0.1, 0.15) is 15.9 Å². The van der Waals surface area contributed by atoms with Crippen LogP contribution in [0.3, 0.4) is 0 Å². The minimum absolute atomic E-state index is 0. The first-order chi connectivity index (χ1) is 14.8. The Kier molecular flexibility index (Phi) is 8.63. The summed E-state index contributed by atoms with van der Waals surface area (Å²) in [5.74, 6) is -2.08. The number of nitrogens with zero attached hydrogens (tertiary/aromatic N) is 3. The molecule has 1 N–H and O–H groups in total. The van der Waals surface area contributed by atoms with E-state index in [0.29, 0.717) is 5.56 Å². The van der Waals surface area contributed by atoms with Crippen LogP contribution in [0.5, 0.6) is 5.75 Å². The Balaban J connectivity index is 0.00000363. The van der Waals surface area contributed by atoms with Gasteiger partial charge in [0.25, 0.3) is 0 Å². The van der Waals surface area contributed by atoms with E-state index in [4.69, 9.17) is 0 Å². The summed E-state index contributed by atoms with van der Waals surface area (Å²) < 4.78 is 33.6. The van der Waals surface area contributed by atoms with E-state index >= 15 is 0 Å². The van der Waals surface area contributed by atoms with Gasteiger partial charge in [-0.1, -0.05) is 60.3 Å². The quantitative estimate of drug-likeness (QED) is 0.118. The van der Waals surface area contributed by atoms with Gasteiger partial charge in [-0.25, -0.2) is 8.42 Å². The van der Waals surface area contributed by atoms with Gasteiger partial charge < -0.3 is 19.6 Å². The number of amidine groups is 1. The minimum atomic E-state index is -4.77. The van der Waals surface area contributed by atoms with Crippen LogP contribution in [0, 0.1) is 0 Å². The van der Waals surface area contributed by atoms with Gasteiger partial charge in [-0.05, 0) is 18.2 Å². The molecular weight excluding hydrogens is 447 g/mol. The third-order valence-electron chi connectivity index (χ3n) is 3.93. The molecule has 0 aliphatic rings. The summed E-state index contributed by atoms with van der Waals surface area (Å²) in [6.45, 7) is 0. The number of carboxylic acids is 1. The molecule has 158 valence electrons. The van der Waals surface area contributed by atoms with Gasteiger partial charge in [0.2, 0.25) is 5.84 Å². The molecule has 0 unspecified atom stereocenters. The van der Waals surface area contributed by atoms with Crippen molar-refractivity contribution in [1.82, 2.24) is 0 Å². The number of hydrogen-bond donors (Lipinski definition) is 1. The van der Waals surface area contributed by atoms with Crippen molar-refractivity contribution in [2.24, 2.45) is 15.3 Å². The average Bonchev–Trinajstić information content (AvgIpc) is 2.75. The Hall–Kier alpha value is -3.09. The SMILES string of the molecule is O=C([O-])c1ccccc1N=N/C(=N/Nc1cc(S(=O)(=O)[O-])ccc1[O-])c1ccccc1.[Na+]. The van der Waals surface area contributed by atoms with Crippen LogP contribution >= 0.6 is 0 Å². The van der Waals surface area contributed by atoms with Crippen LogP contribution in [0.2, 0.25) is 0 Å². The molecule has 0 aliphatic carbocycles. The number of carbonyl (C=O) groups is 1. The molecule has 0 heterocycles. The molecule has 0 atom stereocenters. The van der Waals surface area contributed by atoms with Crippen LogP contribution in [0.15, 0.2) is 93.0 Å². The summed E-state index contributed by atoms with van der Waals surface area (Å²) >= 11 is 0. The van der Waals surface area contributed by atoms with Crippen LogP contribution < -0.4 is 45.2 Å². The van der Waals surface area contributed by atoms with E-state index in [1.54, 1.807) is 36.4 Å². The maximum Gasteiger partial charge on any atom is 1.00 e. The fraction of sp³-hybridized carbons (Fsp3) is 0. The van der Waals surface area contributed by atoms with E-state index < -0.39 is 26.7 Å². The summed E-state index contributed by atoms with van der Waals surface area (Å²) in [6.07, 6.45) is 0. The molecule has 0 saturated carbocycles. The van der Waals surface area contributed by atoms with E-state index in [1.807, 2.05) is 0 Å². The number of anilines is 1. The van der Waals surface area contributed by atoms with Gasteiger partial charge in [0.1, 0.15) is 10.1 Å². The topological polar surface area (TPSA) is 170 Å². The fourth-order valence-corrected chi connectivity index (χ4v) is 2.93. The van der Waals surface area contributed by atoms with E-state index in [-0.39, 0.29) is 52.3 Å². The number of aromatic carboxylic acids is 1. The van der Waals surface area contributed by atoms with E-state index in [9.17, 15) is 28.0 Å². The van der Waals surface area contributed by atoms with Gasteiger partial charge in [0.15, 0.2) is 0 Å². The number of hydrazone groups is 1. The molecule has 3 aromatic carbocycles. The molecule has 3 aromatic rings. The third kappa shape index (κ3) is 6.45. The normalized spacial score (nSPS) is 11.7. The maximum atomic E-state index is 12.0. The Morgan fingerprint density at radius 2 is 1.59 bits per heavy atom. The number of hydrogen-bond acceptors (Lipinski definition) is 9. The molecule has 0 saturated heterocycles. The largest absolute Gasteiger partial charge is 1.00 e. The zero-order chi connectivity index (χ0) is 22.4. The minimum Gasteiger partial charge on any atom is -0.871 e. The predicted octanol–water partition coefficient (Wildman–Crippen LogP) is -1.41. The predicted molar refractivity (Wildman–Crippen MR) is 106 cm³/mol. The first-order valence-electron chi connectivity index (χ1n) is 8.64. The summed E-state index contributed by atoms with van der Waals surface area (Å²) in [5, 5.41) is 35.1. The van der Waals surface area contributed by atoms with Crippen LogP contribution in [0.4, 0.5) is 11.4 Å². The van der Waals surface area contributed by atoms with Crippen molar-refractivity contribution in [2.75, 3.05) is 5.43 Å². The standard InChI is InChI=1S/C20H16N4O6S.Na/c25-18-11-10-14(31(28,29)30)12-17(18)22-24-19(13-6-2-1-3-7-13)23-21-16-9-5-4-8-15(16)20(26)27;/h1-12,22,25H,(H,26,27)(H,28,29,30);/q;+1/p-3/b23-21?,24-19+;. The first-order valence-corrected chi connectivity index (χ1v) is 10.0. The number of azo groups is 1. The van der Waals surface area contributed by atoms with Crippen molar-refractivity contribution in [3.8, 4) is 5.75 Å². The number of nitrogens with one attached hydrogen (secondary N) is 1. The Bertz CT molecular complexity index is 1280. The number of carbonyl (C=O) groups excluding carboxylic acids is 1. The van der Waals surface area contributed by atoms with Crippen LogP contribution in [0.25, 0.3) is 0 Å². The van der Waals surface area contributed by atoms with Gasteiger partial charge in [-0.15, -0.1) is 10.2 Å². The van der Waals surface area contributed by atoms with E-state index in [0.717, 1.165) is 18.2 Å². The third-order valence-corrected chi connectivity index (χ3v) is 4.76. The first kappa shape index (κ1) is 25.2. The van der Waals surface area contributed by atoms with Crippen molar-refractivity contribution in [3.05, 3.63) is 83.9 Å². The van der Waals surface area contributed by atoms with Gasteiger partial charge >= 0.3 is 29.6 Å². The number of carboxylic acid groups (broad SMARTS) is 1. The van der Waals surface area contributed by atoms with Gasteiger partial charge in [-0.3, -0.25) is 5.43 Å². The van der Waals surface area contributed by atoms with Crippen molar-refractivity contribution in [1.29, 1.82) is 0 Å². The molecule has 0 aromatic heterocycles. The van der Waals surface area contributed by atoms with Crippen molar-refractivity contribution >= 4 is 33.3 Å². The zero-order valence-electron chi connectivity index (χ0n) is 16.6. The number of benzene rings is 3. The molecule has 32 heavy (non-hydrogen) atoms. The summed E-state index contributed by atoms with van der Waals surface area (Å²) in [5.41, 5.74) is 2.43. The molecule has 12 heteroatoms. The smallest absolute Gasteiger partial charge is 0.871 e. The summed E-state index contributed by atoms with van der Waals surface area (Å²) in [4.78, 5) is 10.6. The average molecular weight is 460 g/mol. The van der Waals surface area contributed by atoms with Gasteiger partial charge in [-0.2, -0.15) is 5.10 Å². The van der Waals surface area contributed by atoms with Crippen molar-refractivity contribution < 1.29 is 57.5 Å². The molecular formula is C20H13N4NaO6S-2. The fourth-order valence-electron chi connectivity index (χ4n) is 2.43. The van der Waals surface area contributed by atoms with Crippen molar-refractivity contribution in [3.63, 3.8) is 0 Å². The van der Waals surface area contributed by atoms with Crippen LogP contribution in [-0.2, 0) is 10.1 Å². The molecule has 0 bridgehead atoms. The molecule has 0 radical (unpaired) electrons. The molecule has 10 nitrogen and oxygen atoms in total. The molecule has 0 fully saturated rings. The number of rotatable bonds is 6. The molecule has 3 rings (SSSR count).